The van der Waals surface area contributed by atoms with Crippen molar-refractivity contribution < 1.29 is 24.5 Å². The van der Waals surface area contributed by atoms with E-state index >= 15 is 0 Å². The molecule has 0 radical (unpaired) electrons. The minimum atomic E-state index is -2.63. The van der Waals surface area contributed by atoms with Crippen LogP contribution in [0.25, 0.3) is 0 Å². The highest BCUT2D eigenvalue weighted by Gasteiger charge is 2.50. The number of benzene rings is 2. The van der Waals surface area contributed by atoms with Crippen LogP contribution in [0.4, 0.5) is 0 Å². The molecule has 3 rings (SSSR count). The van der Waals surface area contributed by atoms with Gasteiger partial charge in [0.25, 0.3) is 8.32 Å². The van der Waals surface area contributed by atoms with Gasteiger partial charge in [0.2, 0.25) is 0 Å². The third kappa shape index (κ3) is 7.08. The van der Waals surface area contributed by atoms with Gasteiger partial charge in [-0.25, -0.2) is 0 Å². The summed E-state index contributed by atoms with van der Waals surface area (Å²) in [5.74, 6) is -0.293. The average molecular weight is 571 g/mol. The molecule has 0 aromatic heterocycles. The SMILES string of the molecule is C[C@H]([C@H](O)[C@H](C)[C@H]1O[C@H]([C@H](C)CO[Si](c2ccccc2)(c2ccccc2)C(C)(C)C)CC[C@@H]1C)[C@@H](O)[C@@H](C)CO. The van der Waals surface area contributed by atoms with E-state index in [-0.39, 0.29) is 47.5 Å². The predicted molar refractivity (Wildman–Crippen MR) is 166 cm³/mol. The first-order valence-electron chi connectivity index (χ1n) is 15.2. The molecule has 1 aliphatic rings. The van der Waals surface area contributed by atoms with Crippen LogP contribution in [-0.4, -0.2) is 61.3 Å². The smallest absolute Gasteiger partial charge is 0.261 e. The normalized spacial score (nSPS) is 25.0. The summed E-state index contributed by atoms with van der Waals surface area (Å²) in [6.07, 6.45) is 0.425. The largest absolute Gasteiger partial charge is 0.407 e. The van der Waals surface area contributed by atoms with Crippen LogP contribution < -0.4 is 10.4 Å². The second-order valence-electron chi connectivity index (χ2n) is 13.5. The molecule has 9 atom stereocenters. The molecule has 1 fully saturated rings. The maximum Gasteiger partial charge on any atom is 0.261 e. The number of ether oxygens (including phenoxy) is 1. The lowest BCUT2D eigenvalue weighted by Gasteiger charge is -2.45. The monoisotopic (exact) mass is 570 g/mol. The standard InChI is InChI=1S/C34H54O5Si/c1-23-19-20-30(39-33(23)27(5)32(37)26(4)31(36)24(2)21-35)25(3)22-38-40(34(6,7)8,28-15-11-9-12-16-28)29-17-13-10-14-18-29/h9-18,23-27,30-33,35-37H,19-22H2,1-8H3/t23-,24-,25+,26-,27-,30-,31-,32-,33-/m0/s1. The Labute approximate surface area is 244 Å². The Bertz CT molecular complexity index is 970. The zero-order valence-corrected chi connectivity index (χ0v) is 27.0. The number of rotatable bonds is 12. The van der Waals surface area contributed by atoms with Gasteiger partial charge in [0.1, 0.15) is 0 Å². The molecule has 2 aromatic rings. The lowest BCUT2D eigenvalue weighted by Crippen LogP contribution is -2.67. The van der Waals surface area contributed by atoms with E-state index < -0.39 is 20.5 Å². The molecule has 0 unspecified atom stereocenters. The molecule has 0 bridgehead atoms. The van der Waals surface area contributed by atoms with E-state index in [1.807, 2.05) is 20.8 Å². The summed E-state index contributed by atoms with van der Waals surface area (Å²) in [6, 6.07) is 21.5. The van der Waals surface area contributed by atoms with Crippen LogP contribution in [0, 0.1) is 29.6 Å². The molecule has 0 amide bonds. The summed E-state index contributed by atoms with van der Waals surface area (Å²) < 4.78 is 14.0. The van der Waals surface area contributed by atoms with Crippen molar-refractivity contribution >= 4 is 18.7 Å². The van der Waals surface area contributed by atoms with Crippen LogP contribution in [0.2, 0.25) is 5.04 Å². The summed E-state index contributed by atoms with van der Waals surface area (Å²) >= 11 is 0. The van der Waals surface area contributed by atoms with Crippen molar-refractivity contribution in [1.82, 2.24) is 0 Å². The fraction of sp³-hybridized carbons (Fsp3) is 0.647. The van der Waals surface area contributed by atoms with E-state index in [2.05, 4.69) is 95.3 Å². The quantitative estimate of drug-likeness (QED) is 0.313. The Balaban J connectivity index is 1.80. The summed E-state index contributed by atoms with van der Waals surface area (Å²) in [4.78, 5) is 0. The van der Waals surface area contributed by atoms with Gasteiger partial charge in [-0.1, -0.05) is 116 Å². The highest BCUT2D eigenvalue weighted by Crippen LogP contribution is 2.39. The Morgan fingerprint density at radius 3 is 1.88 bits per heavy atom. The summed E-state index contributed by atoms with van der Waals surface area (Å²) in [5, 5.41) is 33.8. The number of hydrogen-bond acceptors (Lipinski definition) is 5. The van der Waals surface area contributed by atoms with Crippen molar-refractivity contribution in [3.63, 3.8) is 0 Å². The molecule has 2 aromatic carbocycles. The van der Waals surface area contributed by atoms with E-state index in [0.717, 1.165) is 12.8 Å². The molecule has 0 aliphatic carbocycles. The van der Waals surface area contributed by atoms with Gasteiger partial charge < -0.3 is 24.5 Å². The summed E-state index contributed by atoms with van der Waals surface area (Å²) in [7, 11) is -2.63. The first-order valence-corrected chi connectivity index (χ1v) is 17.1. The molecule has 3 N–H and O–H groups in total. The zero-order valence-electron chi connectivity index (χ0n) is 26.0. The lowest BCUT2D eigenvalue weighted by molar-refractivity contribution is -0.154. The minimum Gasteiger partial charge on any atom is -0.407 e. The lowest BCUT2D eigenvalue weighted by atomic mass is 9.77. The molecule has 6 heteroatoms. The Kier molecular flexibility index (Phi) is 11.6. The molecule has 0 saturated carbocycles. The molecule has 1 aliphatic heterocycles. The highest BCUT2D eigenvalue weighted by atomic mass is 28.4. The van der Waals surface area contributed by atoms with Gasteiger partial charge in [0.05, 0.1) is 24.4 Å². The fourth-order valence-electron chi connectivity index (χ4n) is 6.68. The van der Waals surface area contributed by atoms with E-state index in [9.17, 15) is 15.3 Å². The number of hydrogen-bond donors (Lipinski definition) is 3. The van der Waals surface area contributed by atoms with Gasteiger partial charge in [-0.3, -0.25) is 0 Å². The third-order valence-electron chi connectivity index (χ3n) is 9.42. The Morgan fingerprint density at radius 2 is 1.40 bits per heavy atom. The van der Waals surface area contributed by atoms with Crippen LogP contribution in [0.3, 0.4) is 0 Å². The zero-order chi connectivity index (χ0) is 29.7. The third-order valence-corrected chi connectivity index (χ3v) is 14.4. The molecule has 0 spiro atoms. The Hall–Kier alpha value is -1.54. The van der Waals surface area contributed by atoms with E-state index in [1.54, 1.807) is 0 Å². The molecule has 40 heavy (non-hydrogen) atoms. The van der Waals surface area contributed by atoms with Crippen molar-refractivity contribution in [1.29, 1.82) is 0 Å². The van der Waals surface area contributed by atoms with Crippen molar-refractivity contribution in [3.8, 4) is 0 Å². The minimum absolute atomic E-state index is 0.0330. The van der Waals surface area contributed by atoms with Crippen molar-refractivity contribution in [2.75, 3.05) is 13.2 Å². The highest BCUT2D eigenvalue weighted by molar-refractivity contribution is 6.99. The number of aliphatic hydroxyl groups excluding tert-OH is 3. The van der Waals surface area contributed by atoms with Gasteiger partial charge in [0.15, 0.2) is 0 Å². The predicted octanol–water partition coefficient (Wildman–Crippen LogP) is 5.01. The first-order chi connectivity index (χ1) is 18.8. The van der Waals surface area contributed by atoms with Crippen LogP contribution in [0.5, 0.6) is 0 Å². The fourth-order valence-corrected chi connectivity index (χ4v) is 11.4. The number of aliphatic hydroxyl groups is 3. The van der Waals surface area contributed by atoms with E-state index in [4.69, 9.17) is 9.16 Å². The van der Waals surface area contributed by atoms with Crippen LogP contribution >= 0.6 is 0 Å². The summed E-state index contributed by atoms with van der Waals surface area (Å²) in [6.45, 7) is 17.5. The van der Waals surface area contributed by atoms with Gasteiger partial charge in [-0.05, 0) is 34.2 Å². The summed E-state index contributed by atoms with van der Waals surface area (Å²) in [5.41, 5.74) is 0. The molecule has 1 saturated heterocycles. The second-order valence-corrected chi connectivity index (χ2v) is 17.8. The molecule has 1 heterocycles. The van der Waals surface area contributed by atoms with Gasteiger partial charge in [-0.2, -0.15) is 0 Å². The van der Waals surface area contributed by atoms with Crippen molar-refractivity contribution in [3.05, 3.63) is 60.7 Å². The van der Waals surface area contributed by atoms with Crippen LogP contribution in [0.1, 0.15) is 68.2 Å². The topological polar surface area (TPSA) is 79.2 Å². The second kappa shape index (κ2) is 14.1. The molecule has 5 nitrogen and oxygen atoms in total. The van der Waals surface area contributed by atoms with Crippen molar-refractivity contribution in [2.24, 2.45) is 29.6 Å². The maximum absolute atomic E-state index is 11.2. The van der Waals surface area contributed by atoms with Crippen LogP contribution in [-0.2, 0) is 9.16 Å². The average Bonchev–Trinajstić information content (AvgIpc) is 2.96. The van der Waals surface area contributed by atoms with E-state index in [1.165, 1.54) is 10.4 Å². The van der Waals surface area contributed by atoms with Gasteiger partial charge in [0, 0.05) is 36.9 Å². The first kappa shape index (κ1) is 33.0. The maximum atomic E-state index is 11.2. The molecular formula is C34H54O5Si. The van der Waals surface area contributed by atoms with Gasteiger partial charge in [-0.15, -0.1) is 0 Å². The molecule has 224 valence electrons. The molecular weight excluding hydrogens is 516 g/mol. The van der Waals surface area contributed by atoms with Crippen molar-refractivity contribution in [2.45, 2.75) is 97.7 Å². The van der Waals surface area contributed by atoms with Crippen LogP contribution in [0.15, 0.2) is 60.7 Å². The Morgan fingerprint density at radius 1 is 0.875 bits per heavy atom. The van der Waals surface area contributed by atoms with E-state index in [0.29, 0.717) is 12.5 Å². The van der Waals surface area contributed by atoms with Gasteiger partial charge >= 0.3 is 0 Å².